The molecule has 1 atom stereocenters. The lowest BCUT2D eigenvalue weighted by atomic mass is 9.64. The molecule has 2 aliphatic carbocycles. The van der Waals surface area contributed by atoms with Crippen molar-refractivity contribution >= 4 is 21.8 Å². The van der Waals surface area contributed by atoms with E-state index in [1.54, 1.807) is 0 Å². The standard InChI is InChI=1S/C15H26BrNO/c1-10(16)15(2,3)17-14(18)13(11-6-4-7-11)12-8-5-9-12/h10-13H,4-9H2,1-3H3,(H,17,18). The van der Waals surface area contributed by atoms with E-state index in [-0.39, 0.29) is 16.3 Å². The maximum absolute atomic E-state index is 12.6. The molecule has 0 aliphatic heterocycles. The maximum atomic E-state index is 12.6. The number of hydrogen-bond donors (Lipinski definition) is 1. The van der Waals surface area contributed by atoms with Crippen molar-refractivity contribution < 1.29 is 4.79 Å². The Hall–Kier alpha value is -0.0500. The van der Waals surface area contributed by atoms with Crippen molar-refractivity contribution in [3.63, 3.8) is 0 Å². The first-order valence-electron chi connectivity index (χ1n) is 7.38. The SMILES string of the molecule is CC(Br)C(C)(C)NC(=O)C(C1CCC1)C1CCC1. The Balaban J connectivity index is 1.99. The Morgan fingerprint density at radius 1 is 1.17 bits per heavy atom. The second-order valence-corrected chi connectivity index (χ2v) is 8.11. The van der Waals surface area contributed by atoms with Gasteiger partial charge in [-0.1, -0.05) is 35.7 Å². The number of hydrogen-bond acceptors (Lipinski definition) is 1. The topological polar surface area (TPSA) is 29.1 Å². The predicted molar refractivity (Wildman–Crippen MR) is 78.8 cm³/mol. The molecule has 0 heterocycles. The largest absolute Gasteiger partial charge is 0.350 e. The van der Waals surface area contributed by atoms with Crippen molar-refractivity contribution in [3.8, 4) is 0 Å². The van der Waals surface area contributed by atoms with Gasteiger partial charge >= 0.3 is 0 Å². The van der Waals surface area contributed by atoms with Gasteiger partial charge in [-0.2, -0.15) is 0 Å². The highest BCUT2D eigenvalue weighted by Crippen LogP contribution is 2.44. The molecule has 2 aliphatic rings. The minimum absolute atomic E-state index is 0.164. The number of amides is 1. The summed E-state index contributed by atoms with van der Waals surface area (Å²) in [4.78, 5) is 12.9. The zero-order valence-electron chi connectivity index (χ0n) is 11.8. The smallest absolute Gasteiger partial charge is 0.224 e. The number of alkyl halides is 1. The van der Waals surface area contributed by atoms with E-state index >= 15 is 0 Å². The van der Waals surface area contributed by atoms with Crippen LogP contribution in [-0.2, 0) is 4.79 Å². The van der Waals surface area contributed by atoms with Crippen LogP contribution in [0.3, 0.4) is 0 Å². The number of carbonyl (C=O) groups is 1. The summed E-state index contributed by atoms with van der Waals surface area (Å²) in [7, 11) is 0. The average molecular weight is 316 g/mol. The number of carbonyl (C=O) groups excluding carboxylic acids is 1. The number of halogens is 1. The summed E-state index contributed by atoms with van der Waals surface area (Å²) in [5.41, 5.74) is -0.164. The summed E-state index contributed by atoms with van der Waals surface area (Å²) in [6.45, 7) is 6.30. The van der Waals surface area contributed by atoms with Gasteiger partial charge in [0.25, 0.3) is 0 Å². The minimum Gasteiger partial charge on any atom is -0.350 e. The molecule has 0 saturated heterocycles. The Labute approximate surface area is 119 Å². The van der Waals surface area contributed by atoms with Gasteiger partial charge in [-0.05, 0) is 51.4 Å². The van der Waals surface area contributed by atoms with Gasteiger partial charge in [-0.15, -0.1) is 0 Å². The molecule has 1 amide bonds. The lowest BCUT2D eigenvalue weighted by Crippen LogP contribution is -2.54. The van der Waals surface area contributed by atoms with E-state index in [1.807, 2.05) is 0 Å². The minimum atomic E-state index is -0.164. The molecule has 2 nitrogen and oxygen atoms in total. The summed E-state index contributed by atoms with van der Waals surface area (Å²) in [5, 5.41) is 3.27. The molecule has 0 spiro atoms. The van der Waals surface area contributed by atoms with Crippen LogP contribution < -0.4 is 5.32 Å². The van der Waals surface area contributed by atoms with E-state index < -0.39 is 0 Å². The molecular weight excluding hydrogens is 290 g/mol. The van der Waals surface area contributed by atoms with Crippen LogP contribution in [0.25, 0.3) is 0 Å². The van der Waals surface area contributed by atoms with Gasteiger partial charge in [0.05, 0.1) is 0 Å². The molecule has 3 heteroatoms. The molecule has 2 fully saturated rings. The zero-order chi connectivity index (χ0) is 13.3. The maximum Gasteiger partial charge on any atom is 0.224 e. The van der Waals surface area contributed by atoms with E-state index in [9.17, 15) is 4.79 Å². The molecule has 0 aromatic heterocycles. The summed E-state index contributed by atoms with van der Waals surface area (Å²) < 4.78 is 0. The third-order valence-corrected chi connectivity index (χ3v) is 6.20. The Morgan fingerprint density at radius 3 is 1.89 bits per heavy atom. The Kier molecular flexibility index (Phi) is 4.40. The lowest BCUT2D eigenvalue weighted by Gasteiger charge is -2.43. The van der Waals surface area contributed by atoms with Crippen molar-refractivity contribution in [3.05, 3.63) is 0 Å². The Morgan fingerprint density at radius 2 is 1.61 bits per heavy atom. The molecule has 1 unspecified atom stereocenters. The predicted octanol–water partition coefficient (Wildman–Crippen LogP) is 3.88. The van der Waals surface area contributed by atoms with Crippen LogP contribution in [0.5, 0.6) is 0 Å². The van der Waals surface area contributed by atoms with Crippen LogP contribution in [0.15, 0.2) is 0 Å². The third kappa shape index (κ3) is 2.92. The van der Waals surface area contributed by atoms with Crippen LogP contribution in [0.1, 0.15) is 59.3 Å². The van der Waals surface area contributed by atoms with Gasteiger partial charge in [0.15, 0.2) is 0 Å². The summed E-state index contributed by atoms with van der Waals surface area (Å²) >= 11 is 3.59. The van der Waals surface area contributed by atoms with E-state index in [0.29, 0.717) is 17.7 Å². The first-order valence-corrected chi connectivity index (χ1v) is 8.29. The molecule has 1 N–H and O–H groups in total. The first-order chi connectivity index (χ1) is 8.42. The summed E-state index contributed by atoms with van der Waals surface area (Å²) in [6.07, 6.45) is 7.69. The monoisotopic (exact) mass is 315 g/mol. The fourth-order valence-electron chi connectivity index (χ4n) is 2.91. The van der Waals surface area contributed by atoms with E-state index in [0.717, 1.165) is 0 Å². The highest BCUT2D eigenvalue weighted by Gasteiger charge is 2.42. The van der Waals surface area contributed by atoms with Crippen LogP contribution in [0.4, 0.5) is 0 Å². The molecule has 0 radical (unpaired) electrons. The molecular formula is C15H26BrNO. The fraction of sp³-hybridized carbons (Fsp3) is 0.933. The average Bonchev–Trinajstić information content (AvgIpc) is 2.09. The van der Waals surface area contributed by atoms with Gasteiger partial charge in [0, 0.05) is 16.3 Å². The summed E-state index contributed by atoms with van der Waals surface area (Å²) in [5.74, 6) is 1.92. The van der Waals surface area contributed by atoms with Gasteiger partial charge in [-0.25, -0.2) is 0 Å². The van der Waals surface area contributed by atoms with Crippen LogP contribution >= 0.6 is 15.9 Å². The molecule has 18 heavy (non-hydrogen) atoms. The molecule has 104 valence electrons. The Bertz CT molecular complexity index is 292. The number of nitrogens with one attached hydrogen (secondary N) is 1. The summed E-state index contributed by atoms with van der Waals surface area (Å²) in [6, 6.07) is 0. The van der Waals surface area contributed by atoms with E-state index in [1.165, 1.54) is 38.5 Å². The molecule has 2 rings (SSSR count). The molecule has 2 saturated carbocycles. The van der Waals surface area contributed by atoms with Crippen LogP contribution in [0, 0.1) is 17.8 Å². The van der Waals surface area contributed by atoms with Crippen molar-refractivity contribution in [2.75, 3.05) is 0 Å². The third-order valence-electron chi connectivity index (χ3n) is 5.06. The normalized spacial score (nSPS) is 23.4. The quantitative estimate of drug-likeness (QED) is 0.766. The van der Waals surface area contributed by atoms with Crippen molar-refractivity contribution in [1.82, 2.24) is 5.32 Å². The molecule has 0 aromatic carbocycles. The second kappa shape index (κ2) is 5.52. The highest BCUT2D eigenvalue weighted by molar-refractivity contribution is 9.09. The molecule has 0 bridgehead atoms. The van der Waals surface area contributed by atoms with Gasteiger partial charge < -0.3 is 5.32 Å². The number of rotatable bonds is 5. The van der Waals surface area contributed by atoms with Crippen molar-refractivity contribution in [2.45, 2.75) is 69.7 Å². The van der Waals surface area contributed by atoms with Gasteiger partial charge in [0.2, 0.25) is 5.91 Å². The van der Waals surface area contributed by atoms with Gasteiger partial charge in [0.1, 0.15) is 0 Å². The fourth-order valence-corrected chi connectivity index (χ4v) is 3.03. The van der Waals surface area contributed by atoms with Crippen molar-refractivity contribution in [1.29, 1.82) is 0 Å². The van der Waals surface area contributed by atoms with E-state index in [4.69, 9.17) is 0 Å². The molecule has 0 aromatic rings. The lowest BCUT2D eigenvalue weighted by molar-refractivity contribution is -0.133. The van der Waals surface area contributed by atoms with Crippen molar-refractivity contribution in [2.24, 2.45) is 17.8 Å². The zero-order valence-corrected chi connectivity index (χ0v) is 13.4. The van der Waals surface area contributed by atoms with E-state index in [2.05, 4.69) is 42.0 Å². The second-order valence-electron chi connectivity index (χ2n) is 6.73. The van der Waals surface area contributed by atoms with Crippen LogP contribution in [-0.4, -0.2) is 16.3 Å². The van der Waals surface area contributed by atoms with Gasteiger partial charge in [-0.3, -0.25) is 4.79 Å². The van der Waals surface area contributed by atoms with Crippen LogP contribution in [0.2, 0.25) is 0 Å². The highest BCUT2D eigenvalue weighted by atomic mass is 79.9. The first kappa shape index (κ1) is 14.4.